The Labute approximate surface area is 136 Å². The third kappa shape index (κ3) is 9.78. The number of hydrogen-bond donors (Lipinski definition) is 4. The number of unbranched alkanes of at least 4 members (excludes halogenated alkanes) is 2. The zero-order chi connectivity index (χ0) is 17.2. The van der Waals surface area contributed by atoms with E-state index >= 15 is 0 Å². The van der Waals surface area contributed by atoms with Crippen molar-refractivity contribution in [3.63, 3.8) is 0 Å². The van der Waals surface area contributed by atoms with Crippen LogP contribution in [-0.4, -0.2) is 44.8 Å². The molecule has 0 aliphatic carbocycles. The summed E-state index contributed by atoms with van der Waals surface area (Å²) in [6.45, 7) is 7.98. The van der Waals surface area contributed by atoms with E-state index in [1.165, 1.54) is 0 Å². The molecule has 0 aromatic rings. The molecule has 134 valence electrons. The van der Waals surface area contributed by atoms with Crippen molar-refractivity contribution in [1.82, 2.24) is 0 Å². The smallest absolute Gasteiger partial charge is 0.0642 e. The molecule has 0 spiro atoms. The SMILES string of the molecule is CC(C)(O)C(C)(C)CCCC(O)CCC(O)CCCCCO. The van der Waals surface area contributed by atoms with Crippen molar-refractivity contribution in [2.24, 2.45) is 5.41 Å². The largest absolute Gasteiger partial charge is 0.396 e. The first-order chi connectivity index (χ1) is 10.1. The van der Waals surface area contributed by atoms with Crippen LogP contribution in [0.4, 0.5) is 0 Å². The third-order valence-electron chi connectivity index (χ3n) is 5.02. The summed E-state index contributed by atoms with van der Waals surface area (Å²) >= 11 is 0. The number of rotatable bonds is 13. The van der Waals surface area contributed by atoms with Crippen LogP contribution in [0.25, 0.3) is 0 Å². The maximum absolute atomic E-state index is 10.1. The molecule has 4 N–H and O–H groups in total. The van der Waals surface area contributed by atoms with Crippen LogP contribution in [0.15, 0.2) is 0 Å². The van der Waals surface area contributed by atoms with Gasteiger partial charge in [-0.1, -0.05) is 33.1 Å². The fourth-order valence-electron chi connectivity index (χ4n) is 2.43. The van der Waals surface area contributed by atoms with Gasteiger partial charge in [0.15, 0.2) is 0 Å². The third-order valence-corrected chi connectivity index (χ3v) is 5.02. The van der Waals surface area contributed by atoms with Gasteiger partial charge in [-0.2, -0.15) is 0 Å². The molecule has 2 atom stereocenters. The van der Waals surface area contributed by atoms with Crippen LogP contribution < -0.4 is 0 Å². The molecule has 4 nitrogen and oxygen atoms in total. The lowest BCUT2D eigenvalue weighted by Gasteiger charge is -2.37. The Kier molecular flexibility index (Phi) is 10.5. The van der Waals surface area contributed by atoms with Crippen LogP contribution in [0.2, 0.25) is 0 Å². The van der Waals surface area contributed by atoms with Crippen molar-refractivity contribution >= 4 is 0 Å². The number of aliphatic hydroxyl groups excluding tert-OH is 3. The molecule has 2 unspecified atom stereocenters. The van der Waals surface area contributed by atoms with Crippen molar-refractivity contribution in [2.75, 3.05) is 6.61 Å². The first-order valence-corrected chi connectivity index (χ1v) is 8.79. The molecule has 0 radical (unpaired) electrons. The van der Waals surface area contributed by atoms with E-state index in [0.29, 0.717) is 12.8 Å². The van der Waals surface area contributed by atoms with Gasteiger partial charge in [-0.25, -0.2) is 0 Å². The first-order valence-electron chi connectivity index (χ1n) is 8.79. The average molecular weight is 318 g/mol. The minimum absolute atomic E-state index is 0.168. The highest BCUT2D eigenvalue weighted by atomic mass is 16.3. The minimum atomic E-state index is -0.720. The summed E-state index contributed by atoms with van der Waals surface area (Å²) in [5.41, 5.74) is -0.887. The summed E-state index contributed by atoms with van der Waals surface area (Å²) in [6, 6.07) is 0. The van der Waals surface area contributed by atoms with Crippen molar-refractivity contribution in [1.29, 1.82) is 0 Å². The lowest BCUT2D eigenvalue weighted by Crippen LogP contribution is -2.38. The lowest BCUT2D eigenvalue weighted by molar-refractivity contribution is -0.0419. The van der Waals surface area contributed by atoms with E-state index in [1.807, 2.05) is 13.8 Å². The van der Waals surface area contributed by atoms with E-state index in [-0.39, 0.29) is 24.2 Å². The van der Waals surface area contributed by atoms with Gasteiger partial charge < -0.3 is 20.4 Å². The van der Waals surface area contributed by atoms with E-state index in [2.05, 4.69) is 13.8 Å². The second-order valence-electron chi connectivity index (χ2n) is 7.79. The maximum atomic E-state index is 10.1. The van der Waals surface area contributed by atoms with E-state index in [1.54, 1.807) is 0 Å². The normalized spacial score (nSPS) is 15.8. The van der Waals surface area contributed by atoms with Gasteiger partial charge in [0.05, 0.1) is 17.8 Å². The molecule has 4 heteroatoms. The Balaban J connectivity index is 3.76. The van der Waals surface area contributed by atoms with Crippen molar-refractivity contribution in [2.45, 2.75) is 103 Å². The molecule has 0 saturated carbocycles. The zero-order valence-electron chi connectivity index (χ0n) is 15.0. The summed E-state index contributed by atoms with van der Waals surface area (Å²) in [7, 11) is 0. The fraction of sp³-hybridized carbons (Fsp3) is 1.00. The molecule has 0 fully saturated rings. The standard InChI is InChI=1S/C18H38O4/c1-17(2,18(3,4)22)13-8-10-16(21)12-11-15(20)9-6-5-7-14-19/h15-16,19-22H,5-14H2,1-4H3. The molecule has 0 heterocycles. The molecular weight excluding hydrogens is 280 g/mol. The minimum Gasteiger partial charge on any atom is -0.396 e. The highest BCUT2D eigenvalue weighted by Gasteiger charge is 2.34. The van der Waals surface area contributed by atoms with Gasteiger partial charge >= 0.3 is 0 Å². The lowest BCUT2D eigenvalue weighted by atomic mass is 9.73. The molecule has 0 rings (SSSR count). The monoisotopic (exact) mass is 318 g/mol. The van der Waals surface area contributed by atoms with E-state index < -0.39 is 5.60 Å². The molecular formula is C18H38O4. The van der Waals surface area contributed by atoms with Crippen molar-refractivity contribution in [3.8, 4) is 0 Å². The number of aliphatic hydroxyl groups is 4. The van der Waals surface area contributed by atoms with Crippen LogP contribution >= 0.6 is 0 Å². The first kappa shape index (κ1) is 21.8. The Morgan fingerprint density at radius 1 is 0.727 bits per heavy atom. The molecule has 0 aromatic carbocycles. The molecule has 0 amide bonds. The molecule has 0 aromatic heterocycles. The Hall–Kier alpha value is -0.160. The van der Waals surface area contributed by atoms with Crippen LogP contribution in [0.3, 0.4) is 0 Å². The topological polar surface area (TPSA) is 80.9 Å². The quantitative estimate of drug-likeness (QED) is 0.394. The Morgan fingerprint density at radius 3 is 1.68 bits per heavy atom. The summed E-state index contributed by atoms with van der Waals surface area (Å²) in [6.07, 6.45) is 6.44. The highest BCUT2D eigenvalue weighted by molar-refractivity contribution is 4.85. The molecule has 0 saturated heterocycles. The summed E-state index contributed by atoms with van der Waals surface area (Å²) < 4.78 is 0. The average Bonchev–Trinajstić information content (AvgIpc) is 2.40. The van der Waals surface area contributed by atoms with Gasteiger partial charge in [0.2, 0.25) is 0 Å². The predicted molar refractivity (Wildman–Crippen MR) is 90.7 cm³/mol. The summed E-state index contributed by atoms with van der Waals surface area (Å²) in [5, 5.41) is 38.6. The van der Waals surface area contributed by atoms with Crippen LogP contribution in [0.5, 0.6) is 0 Å². The predicted octanol–water partition coefficient (Wildman–Crippen LogP) is 3.01. The van der Waals surface area contributed by atoms with Gasteiger partial charge in [-0.15, -0.1) is 0 Å². The second kappa shape index (κ2) is 10.6. The van der Waals surface area contributed by atoms with E-state index in [0.717, 1.165) is 44.9 Å². The summed E-state index contributed by atoms with van der Waals surface area (Å²) in [5.74, 6) is 0. The molecule has 22 heavy (non-hydrogen) atoms. The highest BCUT2D eigenvalue weighted by Crippen LogP contribution is 2.35. The Bertz CT molecular complexity index is 271. The van der Waals surface area contributed by atoms with Crippen LogP contribution in [-0.2, 0) is 0 Å². The van der Waals surface area contributed by atoms with Crippen molar-refractivity contribution < 1.29 is 20.4 Å². The second-order valence-corrected chi connectivity index (χ2v) is 7.79. The molecule has 0 bridgehead atoms. The van der Waals surface area contributed by atoms with Gasteiger partial charge in [-0.3, -0.25) is 0 Å². The van der Waals surface area contributed by atoms with Crippen LogP contribution in [0, 0.1) is 5.41 Å². The van der Waals surface area contributed by atoms with Crippen molar-refractivity contribution in [3.05, 3.63) is 0 Å². The van der Waals surface area contributed by atoms with Gasteiger partial charge in [0.25, 0.3) is 0 Å². The fourth-order valence-corrected chi connectivity index (χ4v) is 2.43. The zero-order valence-corrected chi connectivity index (χ0v) is 15.0. The van der Waals surface area contributed by atoms with Gasteiger partial charge in [-0.05, 0) is 57.8 Å². The maximum Gasteiger partial charge on any atom is 0.0642 e. The van der Waals surface area contributed by atoms with Crippen LogP contribution in [0.1, 0.15) is 85.5 Å². The molecule has 0 aliphatic heterocycles. The van der Waals surface area contributed by atoms with Gasteiger partial charge in [0, 0.05) is 6.61 Å². The molecule has 0 aliphatic rings. The summed E-state index contributed by atoms with van der Waals surface area (Å²) in [4.78, 5) is 0. The van der Waals surface area contributed by atoms with E-state index in [4.69, 9.17) is 5.11 Å². The van der Waals surface area contributed by atoms with E-state index in [9.17, 15) is 15.3 Å². The Morgan fingerprint density at radius 2 is 1.23 bits per heavy atom. The number of hydrogen-bond acceptors (Lipinski definition) is 4. The van der Waals surface area contributed by atoms with Gasteiger partial charge in [0.1, 0.15) is 0 Å².